The molecule has 2 atom stereocenters. The molecule has 0 amide bonds. The predicted octanol–water partition coefficient (Wildman–Crippen LogP) is 2.56. The van der Waals surface area contributed by atoms with Gasteiger partial charge in [0, 0.05) is 25.7 Å². The van der Waals surface area contributed by atoms with Crippen molar-refractivity contribution >= 4 is 5.96 Å². The predicted molar refractivity (Wildman–Crippen MR) is 102 cm³/mol. The van der Waals surface area contributed by atoms with Crippen LogP contribution in [0.3, 0.4) is 0 Å². The minimum Gasteiger partial charge on any atom is -0.465 e. The van der Waals surface area contributed by atoms with Gasteiger partial charge in [-0.05, 0) is 38.8 Å². The summed E-state index contributed by atoms with van der Waals surface area (Å²) in [5.74, 6) is 3.34. The number of aliphatic imine (C=N–C) groups is 1. The molecule has 1 aliphatic heterocycles. The Morgan fingerprint density at radius 2 is 1.96 bits per heavy atom. The molecular formula is C19H34N4O2. The third-order valence-electron chi connectivity index (χ3n) is 4.71. The Morgan fingerprint density at radius 1 is 1.24 bits per heavy atom. The van der Waals surface area contributed by atoms with E-state index in [0.29, 0.717) is 18.5 Å². The first-order chi connectivity index (χ1) is 12.0. The van der Waals surface area contributed by atoms with Crippen LogP contribution in [0.4, 0.5) is 0 Å². The van der Waals surface area contributed by atoms with Crippen molar-refractivity contribution in [2.45, 2.75) is 46.7 Å². The molecule has 0 aromatic carbocycles. The van der Waals surface area contributed by atoms with Crippen LogP contribution in [0.2, 0.25) is 0 Å². The molecule has 2 heterocycles. The minimum absolute atomic E-state index is 0.141. The summed E-state index contributed by atoms with van der Waals surface area (Å²) in [6.45, 7) is 15.5. The Hall–Kier alpha value is -1.53. The highest BCUT2D eigenvalue weighted by atomic mass is 16.5. The first kappa shape index (κ1) is 19.8. The summed E-state index contributed by atoms with van der Waals surface area (Å²) in [5.41, 5.74) is 0. The SMILES string of the molecule is CCNC(=NCC(c1ccc(C)o1)N1CCOCC1)NC(C)C(C)C. The van der Waals surface area contributed by atoms with Crippen LogP contribution < -0.4 is 10.6 Å². The molecule has 0 bridgehead atoms. The topological polar surface area (TPSA) is 62.0 Å². The molecule has 0 aliphatic carbocycles. The number of rotatable bonds is 7. The Kier molecular flexibility index (Phi) is 7.78. The average Bonchev–Trinajstić information content (AvgIpc) is 3.02. The largest absolute Gasteiger partial charge is 0.465 e. The standard InChI is InChI=1S/C19H34N4O2/c1-6-20-19(22-16(5)14(2)3)21-13-17(18-8-7-15(4)25-18)23-9-11-24-12-10-23/h7-8,14,16-17H,6,9-13H2,1-5H3,(H2,20,21,22). The summed E-state index contributed by atoms with van der Waals surface area (Å²) in [6.07, 6.45) is 0. The molecule has 6 nitrogen and oxygen atoms in total. The van der Waals surface area contributed by atoms with Crippen molar-refractivity contribution in [2.24, 2.45) is 10.9 Å². The Labute approximate surface area is 152 Å². The van der Waals surface area contributed by atoms with Crippen molar-refractivity contribution in [3.63, 3.8) is 0 Å². The van der Waals surface area contributed by atoms with E-state index in [9.17, 15) is 0 Å². The molecule has 2 rings (SSSR count). The van der Waals surface area contributed by atoms with Gasteiger partial charge in [0.05, 0.1) is 25.8 Å². The van der Waals surface area contributed by atoms with E-state index in [4.69, 9.17) is 14.1 Å². The van der Waals surface area contributed by atoms with Crippen LogP contribution in [-0.2, 0) is 4.74 Å². The van der Waals surface area contributed by atoms with E-state index in [1.807, 2.05) is 13.0 Å². The van der Waals surface area contributed by atoms with Gasteiger partial charge < -0.3 is 19.8 Å². The number of ether oxygens (including phenoxy) is 1. The second kappa shape index (κ2) is 9.82. The van der Waals surface area contributed by atoms with Gasteiger partial charge in [0.2, 0.25) is 0 Å². The molecule has 1 fully saturated rings. The maximum atomic E-state index is 5.92. The Bertz CT molecular complexity index is 535. The third kappa shape index (κ3) is 6.04. The lowest BCUT2D eigenvalue weighted by Gasteiger charge is -2.32. The lowest BCUT2D eigenvalue weighted by Crippen LogP contribution is -2.45. The van der Waals surface area contributed by atoms with E-state index in [1.54, 1.807) is 0 Å². The van der Waals surface area contributed by atoms with E-state index < -0.39 is 0 Å². The number of hydrogen-bond donors (Lipinski definition) is 2. The van der Waals surface area contributed by atoms with Crippen LogP contribution in [0.5, 0.6) is 0 Å². The van der Waals surface area contributed by atoms with Gasteiger partial charge in [0.15, 0.2) is 5.96 Å². The van der Waals surface area contributed by atoms with Crippen LogP contribution in [0.15, 0.2) is 21.5 Å². The summed E-state index contributed by atoms with van der Waals surface area (Å²) in [7, 11) is 0. The monoisotopic (exact) mass is 350 g/mol. The van der Waals surface area contributed by atoms with Crippen molar-refractivity contribution in [3.8, 4) is 0 Å². The van der Waals surface area contributed by atoms with Crippen LogP contribution in [0.1, 0.15) is 45.3 Å². The highest BCUT2D eigenvalue weighted by Crippen LogP contribution is 2.24. The molecule has 2 unspecified atom stereocenters. The molecular weight excluding hydrogens is 316 g/mol. The number of nitrogens with one attached hydrogen (secondary N) is 2. The molecule has 1 saturated heterocycles. The van der Waals surface area contributed by atoms with Crippen molar-refractivity contribution in [3.05, 3.63) is 23.7 Å². The van der Waals surface area contributed by atoms with Gasteiger partial charge in [0.25, 0.3) is 0 Å². The van der Waals surface area contributed by atoms with Gasteiger partial charge in [0.1, 0.15) is 11.5 Å². The number of nitrogens with zero attached hydrogens (tertiary/aromatic N) is 2. The van der Waals surface area contributed by atoms with Gasteiger partial charge in [-0.15, -0.1) is 0 Å². The Balaban J connectivity index is 2.12. The van der Waals surface area contributed by atoms with E-state index in [2.05, 4.69) is 49.3 Å². The maximum absolute atomic E-state index is 5.92. The van der Waals surface area contributed by atoms with Gasteiger partial charge in [-0.2, -0.15) is 0 Å². The normalized spacial score (nSPS) is 19.0. The lowest BCUT2D eigenvalue weighted by atomic mass is 10.1. The summed E-state index contributed by atoms with van der Waals surface area (Å²) in [6, 6.07) is 4.60. The number of morpholine rings is 1. The maximum Gasteiger partial charge on any atom is 0.191 e. The number of aryl methyl sites for hydroxylation is 1. The van der Waals surface area contributed by atoms with Crippen molar-refractivity contribution in [1.29, 1.82) is 0 Å². The number of guanidine groups is 1. The van der Waals surface area contributed by atoms with Gasteiger partial charge >= 0.3 is 0 Å². The molecule has 6 heteroatoms. The van der Waals surface area contributed by atoms with E-state index in [1.165, 1.54) is 0 Å². The van der Waals surface area contributed by atoms with Crippen LogP contribution in [-0.4, -0.2) is 56.3 Å². The first-order valence-electron chi connectivity index (χ1n) is 9.44. The van der Waals surface area contributed by atoms with Gasteiger partial charge in [-0.25, -0.2) is 0 Å². The lowest BCUT2D eigenvalue weighted by molar-refractivity contribution is 0.0135. The van der Waals surface area contributed by atoms with Crippen LogP contribution in [0.25, 0.3) is 0 Å². The van der Waals surface area contributed by atoms with Crippen LogP contribution >= 0.6 is 0 Å². The minimum atomic E-state index is 0.141. The fourth-order valence-corrected chi connectivity index (χ4v) is 2.79. The van der Waals surface area contributed by atoms with Gasteiger partial charge in [-0.3, -0.25) is 9.89 Å². The fourth-order valence-electron chi connectivity index (χ4n) is 2.79. The second-order valence-electron chi connectivity index (χ2n) is 7.01. The highest BCUT2D eigenvalue weighted by molar-refractivity contribution is 5.80. The van der Waals surface area contributed by atoms with E-state index >= 15 is 0 Å². The molecule has 0 radical (unpaired) electrons. The molecule has 1 aromatic rings. The van der Waals surface area contributed by atoms with Crippen molar-refractivity contribution < 1.29 is 9.15 Å². The highest BCUT2D eigenvalue weighted by Gasteiger charge is 2.25. The second-order valence-corrected chi connectivity index (χ2v) is 7.01. The number of furan rings is 1. The van der Waals surface area contributed by atoms with Crippen molar-refractivity contribution in [1.82, 2.24) is 15.5 Å². The summed E-state index contributed by atoms with van der Waals surface area (Å²) in [5, 5.41) is 6.85. The zero-order chi connectivity index (χ0) is 18.2. The molecule has 0 saturated carbocycles. The quantitative estimate of drug-likeness (QED) is 0.585. The first-order valence-corrected chi connectivity index (χ1v) is 9.44. The summed E-state index contributed by atoms with van der Waals surface area (Å²) >= 11 is 0. The molecule has 1 aliphatic rings. The average molecular weight is 351 g/mol. The van der Waals surface area contributed by atoms with E-state index in [-0.39, 0.29) is 6.04 Å². The van der Waals surface area contributed by atoms with Gasteiger partial charge in [-0.1, -0.05) is 13.8 Å². The number of hydrogen-bond acceptors (Lipinski definition) is 4. The van der Waals surface area contributed by atoms with E-state index in [0.717, 1.165) is 50.3 Å². The summed E-state index contributed by atoms with van der Waals surface area (Å²) < 4.78 is 11.4. The molecule has 2 N–H and O–H groups in total. The zero-order valence-corrected chi connectivity index (χ0v) is 16.3. The zero-order valence-electron chi connectivity index (χ0n) is 16.3. The molecule has 1 aromatic heterocycles. The third-order valence-corrected chi connectivity index (χ3v) is 4.71. The fraction of sp³-hybridized carbons (Fsp3) is 0.737. The smallest absolute Gasteiger partial charge is 0.191 e. The Morgan fingerprint density at radius 3 is 2.52 bits per heavy atom. The molecule has 0 spiro atoms. The molecule has 25 heavy (non-hydrogen) atoms. The van der Waals surface area contributed by atoms with Crippen LogP contribution in [0, 0.1) is 12.8 Å². The summed E-state index contributed by atoms with van der Waals surface area (Å²) in [4.78, 5) is 7.25. The van der Waals surface area contributed by atoms with Crippen molar-refractivity contribution in [2.75, 3.05) is 39.4 Å². The molecule has 142 valence electrons.